The third-order valence-electron chi connectivity index (χ3n) is 13.6. The summed E-state index contributed by atoms with van der Waals surface area (Å²) in [5, 5.41) is 2.51. The minimum Gasteiger partial charge on any atom is 0 e. The van der Waals surface area contributed by atoms with Crippen LogP contribution >= 0.6 is 11.3 Å². The van der Waals surface area contributed by atoms with Crippen molar-refractivity contribution in [3.63, 3.8) is 0 Å². The Labute approximate surface area is 458 Å². The predicted octanol–water partition coefficient (Wildman–Crippen LogP) is 18.6. The Morgan fingerprint density at radius 3 is 1.81 bits per heavy atom. The van der Waals surface area contributed by atoms with Gasteiger partial charge in [-0.25, -0.2) is 0 Å². The van der Waals surface area contributed by atoms with Crippen molar-refractivity contribution in [2.24, 2.45) is 0 Å². The monoisotopic (exact) mass is 1210 g/mol. The normalized spacial score (nSPS) is 12.8. The summed E-state index contributed by atoms with van der Waals surface area (Å²) in [7, 11) is 0. The van der Waals surface area contributed by atoms with Crippen molar-refractivity contribution in [3.8, 4) is 61.7 Å². The summed E-state index contributed by atoms with van der Waals surface area (Å²) in [6.45, 7) is 10.9. The molecule has 0 saturated carbocycles. The number of benzene rings is 8. The number of thiophene rings is 1. The Bertz CT molecular complexity index is 3840. The Kier molecular flexibility index (Phi) is 13.8. The first-order chi connectivity index (χ1) is 36.2. The van der Waals surface area contributed by atoms with Crippen molar-refractivity contribution in [2.75, 3.05) is 0 Å². The first-order valence-corrected chi connectivity index (χ1v) is 33.2. The third-order valence-corrected chi connectivity index (χ3v) is 19.0. The number of para-hydroxylation sites is 2. The van der Waals surface area contributed by atoms with Gasteiger partial charge in [-0.1, -0.05) is 148 Å². The van der Waals surface area contributed by atoms with E-state index in [9.17, 15) is 0 Å². The Morgan fingerprint density at radius 2 is 1.21 bits per heavy atom. The van der Waals surface area contributed by atoms with Crippen molar-refractivity contribution in [2.45, 2.75) is 83.4 Å². The topological polar surface area (TPSA) is 30.7 Å². The molecule has 3 heterocycles. The van der Waals surface area contributed by atoms with Gasteiger partial charge in [-0.15, -0.1) is 18.2 Å². The van der Waals surface area contributed by atoms with Gasteiger partial charge in [0.25, 0.3) is 0 Å². The summed E-state index contributed by atoms with van der Waals surface area (Å²) in [4.78, 5) is 9.97. The van der Waals surface area contributed by atoms with Crippen LogP contribution in [-0.4, -0.2) is 27.8 Å². The molecule has 6 heteroatoms. The summed E-state index contributed by atoms with van der Waals surface area (Å²) in [5.41, 5.74) is 17.2. The van der Waals surface area contributed by atoms with Gasteiger partial charge in [-0.3, -0.25) is 4.98 Å². The number of nitrogens with zero attached hydrogens (tertiary/aromatic N) is 3. The molecule has 0 spiro atoms. The van der Waals surface area contributed by atoms with Crippen molar-refractivity contribution in [1.29, 1.82) is 0 Å². The molecule has 0 aliphatic rings. The largest absolute Gasteiger partial charge is 0 e. The van der Waals surface area contributed by atoms with Crippen LogP contribution in [0.2, 0.25) is 17.3 Å². The molecular weight excluding hydrogens is 1140 g/mol. The van der Waals surface area contributed by atoms with Crippen molar-refractivity contribution in [3.05, 3.63) is 217 Å². The summed E-state index contributed by atoms with van der Waals surface area (Å²) < 4.78 is 37.0. The number of aromatic nitrogens is 3. The number of aryl methyl sites for hydroxylation is 1. The smallest absolute Gasteiger partial charge is 0 e. The van der Waals surface area contributed by atoms with Gasteiger partial charge in [0.05, 0.1) is 16.9 Å². The Morgan fingerprint density at radius 1 is 0.603 bits per heavy atom. The molecule has 0 aliphatic carbocycles. The van der Waals surface area contributed by atoms with E-state index in [1.165, 1.54) is 80.8 Å². The number of hydrogen-bond donors (Lipinski definition) is 0. The van der Waals surface area contributed by atoms with E-state index >= 15 is 0 Å². The first-order valence-electron chi connectivity index (χ1n) is 27.0. The van der Waals surface area contributed by atoms with Crippen molar-refractivity contribution >= 4 is 60.2 Å². The maximum absolute atomic E-state index is 8.49. The maximum Gasteiger partial charge on any atom is 0 e. The molecular formula is C67H63GeIrN3S-2. The van der Waals surface area contributed by atoms with Crippen LogP contribution in [0.3, 0.4) is 0 Å². The molecule has 0 unspecified atom stereocenters. The van der Waals surface area contributed by atoms with Crippen LogP contribution in [-0.2, 0) is 20.1 Å². The van der Waals surface area contributed by atoms with Crippen LogP contribution in [0.1, 0.15) is 87.0 Å². The molecule has 1 radical (unpaired) electrons. The number of fused-ring (bicyclic) bond motifs is 4. The Balaban J connectivity index is 0.000000244. The molecule has 0 fully saturated rings. The van der Waals surface area contributed by atoms with Crippen molar-refractivity contribution in [1.82, 2.24) is 14.5 Å². The molecule has 11 rings (SSSR count). The minimum atomic E-state index is -2.14. The SMILES string of the molecule is CC(C)c1cc(-c2ccccc2)cc(C(C)C)c1-n1c(-c2[c-]ccc3c2sc2cc(-c4ccc(-c5ccccc5)cc4)ccc23)nc2ccccc21.[2H]C([2H])([2H])c1c[c-]c(-c2cc(C([2H])(C)C)[c]([Ge]([CH3])([CH3])[CH3])cn2)cc1.[Ir]. The fourth-order valence-corrected chi connectivity index (χ4v) is 14.4. The van der Waals surface area contributed by atoms with Crippen LogP contribution in [0.5, 0.6) is 0 Å². The van der Waals surface area contributed by atoms with Crippen LogP contribution in [0, 0.1) is 19.0 Å². The van der Waals surface area contributed by atoms with Crippen LogP contribution < -0.4 is 4.40 Å². The molecule has 11 aromatic rings. The summed E-state index contributed by atoms with van der Waals surface area (Å²) in [6.07, 6.45) is 1.91. The molecule has 8 aromatic carbocycles. The van der Waals surface area contributed by atoms with Crippen molar-refractivity contribution < 1.29 is 25.6 Å². The first kappa shape index (κ1) is 46.6. The third kappa shape index (κ3) is 10.6. The average Bonchev–Trinajstić information content (AvgIpc) is 4.05. The van der Waals surface area contributed by atoms with E-state index in [4.69, 9.17) is 10.5 Å². The fourth-order valence-electron chi connectivity index (χ4n) is 9.81. The standard InChI is InChI=1S/C49H39N2S.C18H24GeN.Ir/c1-31(2)42-28-38(34-16-9-6-10-17-34)29-43(32(3)4)47(42)51-45-21-12-11-20-44(45)50-49(51)41-19-13-18-40-39-27-26-37(30-46(39)52-48(40)41)36-24-22-35(23-25-36)33-14-7-5-8-15-33;1-13(2)16-11-18(15-9-7-14(3)8-10-15)20-12-17(16)19(4,5)6;/h5-18,20-32H,1-4H3;7-9,11-13H,1-6H3;/q2*-1;/i;3D3,13D;. The summed E-state index contributed by atoms with van der Waals surface area (Å²) in [5.74, 6) is 7.72. The number of imidazole rings is 1. The Hall–Kier alpha value is -6.21. The molecule has 0 amide bonds. The molecule has 0 atom stereocenters. The second-order valence-electron chi connectivity index (χ2n) is 20.6. The van der Waals surface area contributed by atoms with E-state index in [-0.39, 0.29) is 25.7 Å². The molecule has 367 valence electrons. The zero-order valence-electron chi connectivity index (χ0n) is 47.1. The molecule has 3 nitrogen and oxygen atoms in total. The van der Waals surface area contributed by atoms with Crippen LogP contribution in [0.15, 0.2) is 182 Å². The molecule has 0 N–H and O–H groups in total. The van der Waals surface area contributed by atoms with Gasteiger partial charge in [0.15, 0.2) is 0 Å². The number of hydrogen-bond acceptors (Lipinski definition) is 3. The van der Waals surface area contributed by atoms with Gasteiger partial charge in [-0.2, -0.15) is 11.3 Å². The zero-order chi connectivity index (χ0) is 53.7. The second-order valence-corrected chi connectivity index (χ2v) is 32.3. The predicted molar refractivity (Wildman–Crippen MR) is 313 cm³/mol. The van der Waals surface area contributed by atoms with E-state index in [0.717, 1.165) is 39.2 Å². The van der Waals surface area contributed by atoms with Gasteiger partial charge < -0.3 is 4.57 Å². The molecule has 0 saturated heterocycles. The van der Waals surface area contributed by atoms with Gasteiger partial charge in [0.2, 0.25) is 0 Å². The van der Waals surface area contributed by atoms with Crippen LogP contribution in [0.4, 0.5) is 0 Å². The quantitative estimate of drug-likeness (QED) is 0.101. The van der Waals surface area contributed by atoms with E-state index in [0.29, 0.717) is 11.8 Å². The second kappa shape index (κ2) is 21.7. The zero-order valence-corrected chi connectivity index (χ0v) is 48.4. The van der Waals surface area contributed by atoms with Gasteiger partial charge in [0.1, 0.15) is 0 Å². The molecule has 3 aromatic heterocycles. The number of rotatable bonds is 10. The summed E-state index contributed by atoms with van der Waals surface area (Å²) in [6, 6.07) is 68.3. The molecule has 0 bridgehead atoms. The van der Waals surface area contributed by atoms with E-state index < -0.39 is 26.0 Å². The van der Waals surface area contributed by atoms with E-state index in [1.54, 1.807) is 12.1 Å². The van der Waals surface area contributed by atoms with Gasteiger partial charge in [-0.05, 0) is 96.8 Å². The van der Waals surface area contributed by atoms with E-state index in [1.807, 2.05) is 37.4 Å². The van der Waals surface area contributed by atoms with E-state index in [2.05, 4.69) is 218 Å². The van der Waals surface area contributed by atoms with Gasteiger partial charge in [0, 0.05) is 30.5 Å². The number of pyridine rings is 1. The molecule has 0 aliphatic heterocycles. The average molecular weight is 1210 g/mol. The minimum absolute atomic E-state index is 0. The fraction of sp³-hybridized carbons (Fsp3) is 0.194. The maximum atomic E-state index is 8.49. The van der Waals surface area contributed by atoms with Crippen LogP contribution in [0.25, 0.3) is 92.9 Å². The molecule has 73 heavy (non-hydrogen) atoms. The summed E-state index contributed by atoms with van der Waals surface area (Å²) >= 11 is -0.299. The van der Waals surface area contributed by atoms with Gasteiger partial charge >= 0.3 is 131 Å².